The summed E-state index contributed by atoms with van der Waals surface area (Å²) in [6.07, 6.45) is 0.967. The van der Waals surface area contributed by atoms with E-state index in [1.165, 1.54) is 0 Å². The average Bonchev–Trinajstić information content (AvgIpc) is 2.86. The highest BCUT2D eigenvalue weighted by atomic mass is 16.6. The van der Waals surface area contributed by atoms with Crippen LogP contribution < -0.4 is 5.32 Å². The van der Waals surface area contributed by atoms with Crippen LogP contribution in [-0.4, -0.2) is 33.8 Å². The van der Waals surface area contributed by atoms with E-state index in [1.807, 2.05) is 0 Å². The van der Waals surface area contributed by atoms with Gasteiger partial charge < -0.3 is 20.1 Å². The third-order valence-corrected chi connectivity index (χ3v) is 3.31. The third kappa shape index (κ3) is 4.26. The van der Waals surface area contributed by atoms with Crippen molar-refractivity contribution in [1.29, 1.82) is 5.26 Å². The van der Waals surface area contributed by atoms with Gasteiger partial charge in [-0.05, 0) is 44.5 Å². The number of hydrogen-bond donors (Lipinski definition) is 3. The predicted octanol–water partition coefficient (Wildman–Crippen LogP) is 2.56. The van der Waals surface area contributed by atoms with Crippen LogP contribution in [0.25, 0.3) is 10.9 Å². The summed E-state index contributed by atoms with van der Waals surface area (Å²) in [6.45, 7) is 5.10. The molecule has 0 saturated heterocycles. The van der Waals surface area contributed by atoms with Crippen LogP contribution >= 0.6 is 0 Å². The summed E-state index contributed by atoms with van der Waals surface area (Å²) in [5, 5.41) is 21.5. The molecule has 0 aliphatic heterocycles. The molecule has 7 nitrogen and oxygen atoms in total. The van der Waals surface area contributed by atoms with Gasteiger partial charge in [0.1, 0.15) is 11.6 Å². The lowest BCUT2D eigenvalue weighted by molar-refractivity contribution is -0.139. The molecule has 0 unspecified atom stereocenters. The molecular weight excluding hydrogens is 310 g/mol. The predicted molar refractivity (Wildman–Crippen MR) is 87.5 cm³/mol. The second kappa shape index (κ2) is 6.62. The van der Waals surface area contributed by atoms with Crippen LogP contribution in [0, 0.1) is 11.3 Å². The minimum absolute atomic E-state index is 0.0729. The maximum atomic E-state index is 11.8. The number of nitriles is 1. The molecule has 0 fully saturated rings. The normalized spacial score (nSPS) is 12.4. The Labute approximate surface area is 139 Å². The molecule has 0 radical (unpaired) electrons. The Bertz CT molecular complexity index is 811. The number of nitrogens with one attached hydrogen (secondary N) is 2. The van der Waals surface area contributed by atoms with Gasteiger partial charge in [-0.1, -0.05) is 0 Å². The summed E-state index contributed by atoms with van der Waals surface area (Å²) < 4.78 is 5.10. The number of aliphatic carboxylic acids is 1. The third-order valence-electron chi connectivity index (χ3n) is 3.31. The number of amides is 1. The number of fused-ring (bicyclic) bond motifs is 1. The molecule has 0 aliphatic carbocycles. The van der Waals surface area contributed by atoms with Crippen molar-refractivity contribution < 1.29 is 19.4 Å². The van der Waals surface area contributed by atoms with E-state index < -0.39 is 23.7 Å². The first-order valence-corrected chi connectivity index (χ1v) is 7.42. The first kappa shape index (κ1) is 17.3. The molecule has 3 N–H and O–H groups in total. The first-order valence-electron chi connectivity index (χ1n) is 7.42. The summed E-state index contributed by atoms with van der Waals surface area (Å²) in [7, 11) is 0. The molecule has 0 aliphatic rings. The topological polar surface area (TPSA) is 115 Å². The highest BCUT2D eigenvalue weighted by Gasteiger charge is 2.25. The fraction of sp³-hybridized carbons (Fsp3) is 0.353. The van der Waals surface area contributed by atoms with Crippen LogP contribution in [0.3, 0.4) is 0 Å². The number of rotatable bonds is 4. The van der Waals surface area contributed by atoms with Crippen molar-refractivity contribution in [2.24, 2.45) is 0 Å². The van der Waals surface area contributed by atoms with E-state index in [0.717, 1.165) is 10.9 Å². The van der Waals surface area contributed by atoms with E-state index >= 15 is 0 Å². The number of carbonyl (C=O) groups is 2. The van der Waals surface area contributed by atoms with Crippen LogP contribution in [0.4, 0.5) is 4.79 Å². The van der Waals surface area contributed by atoms with Crippen LogP contribution in [0.15, 0.2) is 24.4 Å². The zero-order chi connectivity index (χ0) is 17.9. The highest BCUT2D eigenvalue weighted by molar-refractivity contribution is 5.86. The molecule has 1 atom stereocenters. The molecule has 126 valence electrons. The maximum absolute atomic E-state index is 11.8. The maximum Gasteiger partial charge on any atom is 0.408 e. The summed E-state index contributed by atoms with van der Waals surface area (Å²) in [5.74, 6) is -1.16. The Hall–Kier alpha value is -3.01. The van der Waals surface area contributed by atoms with Crippen molar-refractivity contribution in [3.05, 3.63) is 35.5 Å². The average molecular weight is 329 g/mol. The Morgan fingerprint density at radius 1 is 1.42 bits per heavy atom. The van der Waals surface area contributed by atoms with Gasteiger partial charge in [-0.15, -0.1) is 0 Å². The van der Waals surface area contributed by atoms with Crippen LogP contribution in [-0.2, 0) is 16.0 Å². The molecule has 2 rings (SSSR count). The number of hydrogen-bond acceptors (Lipinski definition) is 4. The van der Waals surface area contributed by atoms with E-state index in [9.17, 15) is 14.7 Å². The fourth-order valence-corrected chi connectivity index (χ4v) is 2.29. The molecule has 0 spiro atoms. The van der Waals surface area contributed by atoms with Crippen LogP contribution in [0.2, 0.25) is 0 Å². The minimum Gasteiger partial charge on any atom is -0.480 e. The molecule has 1 aromatic carbocycles. The minimum atomic E-state index is -1.16. The zero-order valence-corrected chi connectivity index (χ0v) is 13.7. The summed E-state index contributed by atoms with van der Waals surface area (Å²) in [6, 6.07) is 6.04. The molecule has 1 heterocycles. The molecule has 0 saturated carbocycles. The number of alkyl carbamates (subject to hydrolysis) is 1. The SMILES string of the molecule is CC(C)(C)OC(=O)N[C@@H](Cc1c[nH]c2ccc(C#N)cc12)C(=O)O. The summed E-state index contributed by atoms with van der Waals surface area (Å²) in [4.78, 5) is 26.3. The smallest absolute Gasteiger partial charge is 0.408 e. The molecule has 7 heteroatoms. The fourth-order valence-electron chi connectivity index (χ4n) is 2.29. The monoisotopic (exact) mass is 329 g/mol. The molecule has 24 heavy (non-hydrogen) atoms. The number of carboxylic acids is 1. The highest BCUT2D eigenvalue weighted by Crippen LogP contribution is 2.21. The van der Waals surface area contributed by atoms with E-state index in [-0.39, 0.29) is 6.42 Å². The number of carbonyl (C=O) groups excluding carboxylic acids is 1. The van der Waals surface area contributed by atoms with Crippen LogP contribution in [0.1, 0.15) is 31.9 Å². The lowest BCUT2D eigenvalue weighted by Gasteiger charge is -2.22. The van der Waals surface area contributed by atoms with E-state index in [1.54, 1.807) is 45.2 Å². The number of nitrogens with zero attached hydrogens (tertiary/aromatic N) is 1. The van der Waals surface area contributed by atoms with Gasteiger partial charge in [0, 0.05) is 23.5 Å². The van der Waals surface area contributed by atoms with Gasteiger partial charge >= 0.3 is 12.1 Å². The standard InChI is InChI=1S/C17H19N3O4/c1-17(2,3)24-16(23)20-14(15(21)22)7-11-9-19-13-5-4-10(8-18)6-12(11)13/h4-6,9,14,19H,7H2,1-3H3,(H,20,23)(H,21,22)/t14-/m0/s1. The zero-order valence-electron chi connectivity index (χ0n) is 13.7. The van der Waals surface area contributed by atoms with Gasteiger partial charge in [-0.3, -0.25) is 0 Å². The molecule has 2 aromatic rings. The summed E-state index contributed by atoms with van der Waals surface area (Å²) in [5.41, 5.74) is 1.27. The van der Waals surface area contributed by atoms with Gasteiger partial charge in [0.2, 0.25) is 0 Å². The van der Waals surface area contributed by atoms with Crippen molar-refractivity contribution in [2.45, 2.75) is 38.8 Å². The number of benzene rings is 1. The van der Waals surface area contributed by atoms with Crippen molar-refractivity contribution >= 4 is 23.0 Å². The molecular formula is C17H19N3O4. The Morgan fingerprint density at radius 2 is 2.12 bits per heavy atom. The van der Waals surface area contributed by atoms with Gasteiger partial charge in [-0.2, -0.15) is 5.26 Å². The second-order valence-electron chi connectivity index (χ2n) is 6.43. The van der Waals surface area contributed by atoms with E-state index in [0.29, 0.717) is 11.1 Å². The van der Waals surface area contributed by atoms with Crippen molar-refractivity contribution in [2.75, 3.05) is 0 Å². The number of aromatic amines is 1. The number of aromatic nitrogens is 1. The molecule has 0 bridgehead atoms. The van der Waals surface area contributed by atoms with Crippen molar-refractivity contribution in [3.63, 3.8) is 0 Å². The molecule has 1 amide bonds. The second-order valence-corrected chi connectivity index (χ2v) is 6.43. The van der Waals surface area contributed by atoms with E-state index in [2.05, 4.69) is 16.4 Å². The largest absolute Gasteiger partial charge is 0.480 e. The number of ether oxygens (including phenoxy) is 1. The Morgan fingerprint density at radius 3 is 2.71 bits per heavy atom. The summed E-state index contributed by atoms with van der Waals surface area (Å²) >= 11 is 0. The number of carboxylic acid groups (broad SMARTS) is 1. The quantitative estimate of drug-likeness (QED) is 0.797. The van der Waals surface area contributed by atoms with Crippen molar-refractivity contribution in [1.82, 2.24) is 10.3 Å². The van der Waals surface area contributed by atoms with Crippen molar-refractivity contribution in [3.8, 4) is 6.07 Å². The molecule has 1 aromatic heterocycles. The van der Waals surface area contributed by atoms with Gasteiger partial charge in [0.15, 0.2) is 0 Å². The van der Waals surface area contributed by atoms with E-state index in [4.69, 9.17) is 10.00 Å². The van der Waals surface area contributed by atoms with Gasteiger partial charge in [0.05, 0.1) is 11.6 Å². The first-order chi connectivity index (χ1) is 11.2. The Balaban J connectivity index is 2.21. The number of H-pyrrole nitrogens is 1. The lowest BCUT2D eigenvalue weighted by Crippen LogP contribution is -2.44. The lowest BCUT2D eigenvalue weighted by atomic mass is 10.0. The Kier molecular flexibility index (Phi) is 4.79. The van der Waals surface area contributed by atoms with Crippen LogP contribution in [0.5, 0.6) is 0 Å². The van der Waals surface area contributed by atoms with Gasteiger partial charge in [0.25, 0.3) is 0 Å². The van der Waals surface area contributed by atoms with Gasteiger partial charge in [-0.25, -0.2) is 9.59 Å².